The van der Waals surface area contributed by atoms with Crippen molar-refractivity contribution in [3.63, 3.8) is 0 Å². The third kappa shape index (κ3) is 2.05. The van der Waals surface area contributed by atoms with Gasteiger partial charge < -0.3 is 9.84 Å². The Labute approximate surface area is 65.7 Å². The number of allylic oxidation sites excluding steroid dienone is 1. The van der Waals surface area contributed by atoms with Crippen molar-refractivity contribution in [3.8, 4) is 0 Å². The molecule has 0 radical (unpaired) electrons. The van der Waals surface area contributed by atoms with Crippen LogP contribution in [0.15, 0.2) is 11.6 Å². The third-order valence-electron chi connectivity index (χ3n) is 1.46. The zero-order chi connectivity index (χ0) is 8.43. The second-order valence-corrected chi connectivity index (χ2v) is 3.00. The standard InChI is InChI=1S/C8H12O3/c1-5(2)3-6-4-7(9)11-8(6)10/h3,5,8,10H,4H2,1-2H3/b6-3+. The van der Waals surface area contributed by atoms with Gasteiger partial charge in [-0.2, -0.15) is 0 Å². The highest BCUT2D eigenvalue weighted by Gasteiger charge is 2.26. The minimum atomic E-state index is -0.995. The summed E-state index contributed by atoms with van der Waals surface area (Å²) in [6.07, 6.45) is 1.10. The van der Waals surface area contributed by atoms with E-state index in [-0.39, 0.29) is 12.4 Å². The van der Waals surface area contributed by atoms with Crippen LogP contribution in [0.5, 0.6) is 0 Å². The van der Waals surface area contributed by atoms with Crippen LogP contribution in [0.3, 0.4) is 0 Å². The van der Waals surface area contributed by atoms with Crippen molar-refractivity contribution < 1.29 is 14.6 Å². The van der Waals surface area contributed by atoms with Crippen LogP contribution in [0.25, 0.3) is 0 Å². The monoisotopic (exact) mass is 156 g/mol. The van der Waals surface area contributed by atoms with Crippen LogP contribution in [0, 0.1) is 5.92 Å². The fourth-order valence-corrected chi connectivity index (χ4v) is 1.07. The Hall–Kier alpha value is -0.830. The number of carbonyl (C=O) groups excluding carboxylic acids is 1. The summed E-state index contributed by atoms with van der Waals surface area (Å²) in [7, 11) is 0. The Morgan fingerprint density at radius 2 is 2.36 bits per heavy atom. The fraction of sp³-hybridized carbons (Fsp3) is 0.625. The number of ether oxygens (including phenoxy) is 1. The molecule has 0 saturated carbocycles. The van der Waals surface area contributed by atoms with Crippen LogP contribution in [-0.2, 0) is 9.53 Å². The van der Waals surface area contributed by atoms with E-state index in [1.807, 2.05) is 19.9 Å². The molecule has 0 aliphatic carbocycles. The van der Waals surface area contributed by atoms with Gasteiger partial charge in [0.1, 0.15) is 0 Å². The van der Waals surface area contributed by atoms with Gasteiger partial charge in [-0.3, -0.25) is 4.79 Å². The third-order valence-corrected chi connectivity index (χ3v) is 1.46. The highest BCUT2D eigenvalue weighted by molar-refractivity contribution is 5.75. The van der Waals surface area contributed by atoms with E-state index in [2.05, 4.69) is 4.74 Å². The molecule has 1 unspecified atom stereocenters. The molecule has 0 aromatic carbocycles. The van der Waals surface area contributed by atoms with Crippen LogP contribution in [0.4, 0.5) is 0 Å². The molecule has 0 bridgehead atoms. The number of cyclic esters (lactones) is 1. The average Bonchev–Trinajstić information content (AvgIpc) is 2.09. The van der Waals surface area contributed by atoms with E-state index in [0.29, 0.717) is 11.5 Å². The van der Waals surface area contributed by atoms with Crippen LogP contribution < -0.4 is 0 Å². The second-order valence-electron chi connectivity index (χ2n) is 3.00. The van der Waals surface area contributed by atoms with Crippen LogP contribution in [-0.4, -0.2) is 17.4 Å². The number of aliphatic hydroxyl groups excluding tert-OH is 1. The molecule has 0 aromatic heterocycles. The lowest BCUT2D eigenvalue weighted by atomic mass is 10.1. The summed E-state index contributed by atoms with van der Waals surface area (Å²) in [5.41, 5.74) is 0.685. The van der Waals surface area contributed by atoms with Gasteiger partial charge >= 0.3 is 5.97 Å². The van der Waals surface area contributed by atoms with E-state index >= 15 is 0 Å². The molecule has 3 heteroatoms. The first kappa shape index (κ1) is 8.27. The van der Waals surface area contributed by atoms with Crippen molar-refractivity contribution >= 4 is 5.97 Å². The summed E-state index contributed by atoms with van der Waals surface area (Å²) >= 11 is 0. The lowest BCUT2D eigenvalue weighted by Gasteiger charge is -2.02. The van der Waals surface area contributed by atoms with Crippen molar-refractivity contribution in [3.05, 3.63) is 11.6 Å². The molecule has 1 atom stereocenters. The van der Waals surface area contributed by atoms with Crippen LogP contribution in [0.1, 0.15) is 20.3 Å². The van der Waals surface area contributed by atoms with Gasteiger partial charge in [0.15, 0.2) is 0 Å². The van der Waals surface area contributed by atoms with Gasteiger partial charge in [-0.25, -0.2) is 0 Å². The lowest BCUT2D eigenvalue weighted by molar-refractivity contribution is -0.151. The highest BCUT2D eigenvalue weighted by atomic mass is 16.6. The zero-order valence-corrected chi connectivity index (χ0v) is 6.70. The maximum atomic E-state index is 10.6. The number of hydrogen-bond donors (Lipinski definition) is 1. The Balaban J connectivity index is 2.66. The Kier molecular flexibility index (Phi) is 2.29. The van der Waals surface area contributed by atoms with Gasteiger partial charge in [-0.05, 0) is 5.92 Å². The van der Waals surface area contributed by atoms with Gasteiger partial charge in [0.2, 0.25) is 6.29 Å². The number of aliphatic hydroxyl groups is 1. The zero-order valence-electron chi connectivity index (χ0n) is 6.70. The predicted octanol–water partition coefficient (Wildman–Crippen LogP) is 0.834. The lowest BCUT2D eigenvalue weighted by Crippen LogP contribution is -2.06. The molecule has 11 heavy (non-hydrogen) atoms. The molecule has 1 rings (SSSR count). The van der Waals surface area contributed by atoms with Gasteiger partial charge in [0, 0.05) is 5.57 Å². The summed E-state index contributed by atoms with van der Waals surface area (Å²) in [5, 5.41) is 9.10. The topological polar surface area (TPSA) is 46.5 Å². The Morgan fingerprint density at radius 3 is 2.73 bits per heavy atom. The molecular formula is C8H12O3. The SMILES string of the molecule is CC(C)/C=C1\CC(=O)OC1O. The number of carbonyl (C=O) groups is 1. The maximum Gasteiger partial charge on any atom is 0.312 e. The molecule has 0 spiro atoms. The molecule has 1 saturated heterocycles. The van der Waals surface area contributed by atoms with Gasteiger partial charge in [-0.15, -0.1) is 0 Å². The first-order valence-electron chi connectivity index (χ1n) is 3.67. The molecule has 1 aliphatic heterocycles. The van der Waals surface area contributed by atoms with Crippen molar-refractivity contribution in [1.82, 2.24) is 0 Å². The molecule has 0 aromatic rings. The highest BCUT2D eigenvalue weighted by Crippen LogP contribution is 2.20. The van der Waals surface area contributed by atoms with Crippen LogP contribution >= 0.6 is 0 Å². The average molecular weight is 156 g/mol. The molecule has 0 amide bonds. The number of rotatable bonds is 1. The summed E-state index contributed by atoms with van der Waals surface area (Å²) in [6, 6.07) is 0. The summed E-state index contributed by atoms with van der Waals surface area (Å²) in [5.74, 6) is -0.00134. The smallest absolute Gasteiger partial charge is 0.312 e. The van der Waals surface area contributed by atoms with Crippen molar-refractivity contribution in [2.24, 2.45) is 5.92 Å². The van der Waals surface area contributed by atoms with E-state index < -0.39 is 6.29 Å². The quantitative estimate of drug-likeness (QED) is 0.452. The normalized spacial score (nSPS) is 28.2. The first-order valence-corrected chi connectivity index (χ1v) is 3.67. The van der Waals surface area contributed by atoms with Crippen molar-refractivity contribution in [2.75, 3.05) is 0 Å². The molecule has 1 aliphatic rings. The van der Waals surface area contributed by atoms with Gasteiger partial charge in [0.05, 0.1) is 6.42 Å². The van der Waals surface area contributed by atoms with E-state index in [0.717, 1.165) is 0 Å². The van der Waals surface area contributed by atoms with Gasteiger partial charge in [0.25, 0.3) is 0 Å². The van der Waals surface area contributed by atoms with Crippen LogP contribution in [0.2, 0.25) is 0 Å². The molecule has 1 heterocycles. The van der Waals surface area contributed by atoms with Gasteiger partial charge in [-0.1, -0.05) is 19.9 Å². The number of esters is 1. The molecule has 1 fully saturated rings. The number of hydrogen-bond acceptors (Lipinski definition) is 3. The van der Waals surface area contributed by atoms with Crippen molar-refractivity contribution in [1.29, 1.82) is 0 Å². The van der Waals surface area contributed by atoms with E-state index in [1.165, 1.54) is 0 Å². The van der Waals surface area contributed by atoms with E-state index in [1.54, 1.807) is 0 Å². The largest absolute Gasteiger partial charge is 0.432 e. The van der Waals surface area contributed by atoms with E-state index in [4.69, 9.17) is 5.11 Å². The molecular weight excluding hydrogens is 144 g/mol. The Morgan fingerprint density at radius 1 is 1.73 bits per heavy atom. The summed E-state index contributed by atoms with van der Waals surface area (Å²) in [6.45, 7) is 3.98. The molecule has 1 N–H and O–H groups in total. The van der Waals surface area contributed by atoms with Crippen molar-refractivity contribution in [2.45, 2.75) is 26.6 Å². The minimum absolute atomic E-state index is 0.235. The Bertz CT molecular complexity index is 194. The predicted molar refractivity (Wildman–Crippen MR) is 39.6 cm³/mol. The molecule has 3 nitrogen and oxygen atoms in total. The second kappa shape index (κ2) is 3.05. The summed E-state index contributed by atoms with van der Waals surface area (Å²) < 4.78 is 4.52. The first-order chi connectivity index (χ1) is 5.09. The molecule has 62 valence electrons. The maximum absolute atomic E-state index is 10.6. The van der Waals surface area contributed by atoms with E-state index in [9.17, 15) is 4.79 Å². The summed E-state index contributed by atoms with van der Waals surface area (Å²) in [4.78, 5) is 10.6. The fourth-order valence-electron chi connectivity index (χ4n) is 1.07. The minimum Gasteiger partial charge on any atom is -0.432 e.